The molecule has 24 heavy (non-hydrogen) atoms. The predicted molar refractivity (Wildman–Crippen MR) is 93.3 cm³/mol. The van der Waals surface area contributed by atoms with E-state index in [2.05, 4.69) is 33.8 Å². The molecule has 1 fully saturated rings. The lowest BCUT2D eigenvalue weighted by Crippen LogP contribution is -2.37. The Morgan fingerprint density at radius 3 is 2.75 bits per heavy atom. The first kappa shape index (κ1) is 15.6. The van der Waals surface area contributed by atoms with Gasteiger partial charge in [-0.15, -0.1) is 0 Å². The molecule has 6 heteroatoms. The number of nitrogens with zero attached hydrogens (tertiary/aromatic N) is 4. The molecule has 1 saturated heterocycles. The molecule has 0 atom stereocenters. The largest absolute Gasteiger partial charge is 0.378 e. The molecular formula is C18H25N5O. The average Bonchev–Trinajstić information content (AvgIpc) is 3.03. The number of anilines is 1. The van der Waals surface area contributed by atoms with E-state index >= 15 is 0 Å². The number of rotatable bonds is 3. The fraction of sp³-hybridized carbons (Fsp3) is 0.556. The fourth-order valence-corrected chi connectivity index (χ4v) is 3.59. The molecule has 4 rings (SSSR count). The molecule has 2 aliphatic heterocycles. The smallest absolute Gasteiger partial charge is 0.225 e. The number of nitrogens with one attached hydrogen (secondary N) is 1. The van der Waals surface area contributed by atoms with E-state index in [4.69, 9.17) is 14.7 Å². The van der Waals surface area contributed by atoms with E-state index in [1.54, 1.807) is 0 Å². The lowest BCUT2D eigenvalue weighted by Gasteiger charge is -2.27. The zero-order valence-corrected chi connectivity index (χ0v) is 14.3. The van der Waals surface area contributed by atoms with Crippen molar-refractivity contribution >= 4 is 5.95 Å². The number of aryl methyl sites for hydroxylation is 1. The SMILES string of the molecule is Cc1nc(N2CCOCC2)nc2c1CCN(Cc1ccc[nH]1)CC2. The van der Waals surface area contributed by atoms with Crippen molar-refractivity contribution in [2.75, 3.05) is 44.3 Å². The number of hydrogen-bond acceptors (Lipinski definition) is 5. The summed E-state index contributed by atoms with van der Waals surface area (Å²) >= 11 is 0. The van der Waals surface area contributed by atoms with Crippen molar-refractivity contribution in [2.24, 2.45) is 0 Å². The van der Waals surface area contributed by atoms with Gasteiger partial charge in [-0.25, -0.2) is 9.97 Å². The first-order chi connectivity index (χ1) is 11.8. The summed E-state index contributed by atoms with van der Waals surface area (Å²) in [7, 11) is 0. The molecule has 0 amide bonds. The van der Waals surface area contributed by atoms with Crippen molar-refractivity contribution < 1.29 is 4.74 Å². The minimum absolute atomic E-state index is 0.767. The monoisotopic (exact) mass is 327 g/mol. The van der Waals surface area contributed by atoms with E-state index in [0.717, 1.165) is 70.4 Å². The summed E-state index contributed by atoms with van der Waals surface area (Å²) in [5.41, 5.74) is 5.00. The normalized spacial score (nSPS) is 19.1. The number of hydrogen-bond donors (Lipinski definition) is 1. The molecule has 0 saturated carbocycles. The Bertz CT molecular complexity index is 679. The van der Waals surface area contributed by atoms with Crippen LogP contribution in [0.2, 0.25) is 0 Å². The fourth-order valence-electron chi connectivity index (χ4n) is 3.59. The number of fused-ring (bicyclic) bond motifs is 1. The second-order valence-electron chi connectivity index (χ2n) is 6.61. The zero-order chi connectivity index (χ0) is 16.4. The molecule has 0 spiro atoms. The number of morpholine rings is 1. The Morgan fingerprint density at radius 1 is 1.12 bits per heavy atom. The van der Waals surface area contributed by atoms with Crippen LogP contribution in [0.15, 0.2) is 18.3 Å². The highest BCUT2D eigenvalue weighted by molar-refractivity contribution is 5.38. The summed E-state index contributed by atoms with van der Waals surface area (Å²) in [5.74, 6) is 0.882. The molecule has 1 N–H and O–H groups in total. The van der Waals surface area contributed by atoms with Gasteiger partial charge in [-0.05, 0) is 31.0 Å². The summed E-state index contributed by atoms with van der Waals surface area (Å²) in [4.78, 5) is 17.8. The zero-order valence-electron chi connectivity index (χ0n) is 14.3. The molecule has 128 valence electrons. The Morgan fingerprint density at radius 2 is 1.96 bits per heavy atom. The minimum Gasteiger partial charge on any atom is -0.378 e. The predicted octanol–water partition coefficient (Wildman–Crippen LogP) is 1.55. The van der Waals surface area contributed by atoms with E-state index in [0.29, 0.717) is 0 Å². The first-order valence-corrected chi connectivity index (χ1v) is 8.83. The van der Waals surface area contributed by atoms with E-state index < -0.39 is 0 Å². The van der Waals surface area contributed by atoms with Crippen LogP contribution in [0.3, 0.4) is 0 Å². The van der Waals surface area contributed by atoms with Gasteiger partial charge in [0, 0.05) is 56.7 Å². The second-order valence-corrected chi connectivity index (χ2v) is 6.61. The number of aromatic amines is 1. The minimum atomic E-state index is 0.767. The van der Waals surface area contributed by atoms with Crippen molar-refractivity contribution in [2.45, 2.75) is 26.3 Å². The molecule has 4 heterocycles. The van der Waals surface area contributed by atoms with E-state index in [9.17, 15) is 0 Å². The van der Waals surface area contributed by atoms with Crippen LogP contribution in [0.25, 0.3) is 0 Å². The van der Waals surface area contributed by atoms with Crippen molar-refractivity contribution in [3.8, 4) is 0 Å². The van der Waals surface area contributed by atoms with Crippen LogP contribution >= 0.6 is 0 Å². The van der Waals surface area contributed by atoms with Gasteiger partial charge in [0.15, 0.2) is 0 Å². The molecule has 0 bridgehead atoms. The topological polar surface area (TPSA) is 57.3 Å². The van der Waals surface area contributed by atoms with Crippen LogP contribution in [0.1, 0.15) is 22.6 Å². The highest BCUT2D eigenvalue weighted by Gasteiger charge is 2.21. The number of H-pyrrole nitrogens is 1. The van der Waals surface area contributed by atoms with Crippen molar-refractivity contribution in [3.05, 3.63) is 41.0 Å². The molecule has 2 aromatic heterocycles. The Balaban J connectivity index is 1.51. The van der Waals surface area contributed by atoms with Gasteiger partial charge < -0.3 is 14.6 Å². The van der Waals surface area contributed by atoms with Crippen LogP contribution < -0.4 is 4.90 Å². The Hall–Kier alpha value is -1.92. The number of ether oxygens (including phenoxy) is 1. The van der Waals surface area contributed by atoms with Crippen molar-refractivity contribution in [1.29, 1.82) is 0 Å². The van der Waals surface area contributed by atoms with E-state index in [1.165, 1.54) is 17.0 Å². The Kier molecular flexibility index (Phi) is 4.49. The maximum absolute atomic E-state index is 5.44. The summed E-state index contributed by atoms with van der Waals surface area (Å²) in [6.45, 7) is 8.52. The highest BCUT2D eigenvalue weighted by atomic mass is 16.5. The van der Waals surface area contributed by atoms with Gasteiger partial charge in [0.05, 0.1) is 18.9 Å². The van der Waals surface area contributed by atoms with Gasteiger partial charge >= 0.3 is 0 Å². The first-order valence-electron chi connectivity index (χ1n) is 8.83. The molecule has 6 nitrogen and oxygen atoms in total. The Labute approximate surface area is 142 Å². The quantitative estimate of drug-likeness (QED) is 0.927. The molecular weight excluding hydrogens is 302 g/mol. The second kappa shape index (κ2) is 6.91. The molecule has 0 radical (unpaired) electrons. The van der Waals surface area contributed by atoms with Crippen LogP contribution in [-0.2, 0) is 24.1 Å². The molecule has 2 aliphatic rings. The summed E-state index contributed by atoms with van der Waals surface area (Å²) in [6.07, 6.45) is 4.02. The van der Waals surface area contributed by atoms with Gasteiger partial charge in [-0.3, -0.25) is 4.90 Å². The van der Waals surface area contributed by atoms with Crippen molar-refractivity contribution in [1.82, 2.24) is 19.9 Å². The van der Waals surface area contributed by atoms with Gasteiger partial charge in [0.25, 0.3) is 0 Å². The summed E-state index contributed by atoms with van der Waals surface area (Å²) in [5, 5.41) is 0. The van der Waals surface area contributed by atoms with Crippen LogP contribution in [0.5, 0.6) is 0 Å². The lowest BCUT2D eigenvalue weighted by atomic mass is 10.1. The van der Waals surface area contributed by atoms with Gasteiger partial charge in [-0.2, -0.15) is 0 Å². The van der Waals surface area contributed by atoms with Crippen LogP contribution in [-0.4, -0.2) is 59.2 Å². The van der Waals surface area contributed by atoms with Crippen molar-refractivity contribution in [3.63, 3.8) is 0 Å². The molecule has 2 aromatic rings. The van der Waals surface area contributed by atoms with Gasteiger partial charge in [0.1, 0.15) is 0 Å². The van der Waals surface area contributed by atoms with E-state index in [-0.39, 0.29) is 0 Å². The highest BCUT2D eigenvalue weighted by Crippen LogP contribution is 2.21. The third-order valence-electron chi connectivity index (χ3n) is 4.98. The molecule has 0 unspecified atom stereocenters. The average molecular weight is 327 g/mol. The third kappa shape index (κ3) is 3.30. The standard InChI is InChI=1S/C18H25N5O/c1-14-16-4-7-22(13-15-3-2-6-19-15)8-5-17(16)21-18(20-14)23-9-11-24-12-10-23/h2-3,6,19H,4-5,7-13H2,1H3. The maximum atomic E-state index is 5.44. The summed E-state index contributed by atoms with van der Waals surface area (Å²) in [6, 6.07) is 4.21. The lowest BCUT2D eigenvalue weighted by molar-refractivity contribution is 0.122. The summed E-state index contributed by atoms with van der Waals surface area (Å²) < 4.78 is 5.44. The molecule has 0 aromatic carbocycles. The third-order valence-corrected chi connectivity index (χ3v) is 4.98. The van der Waals surface area contributed by atoms with Gasteiger partial charge in [-0.1, -0.05) is 0 Å². The van der Waals surface area contributed by atoms with Gasteiger partial charge in [0.2, 0.25) is 5.95 Å². The van der Waals surface area contributed by atoms with E-state index in [1.807, 2.05) is 6.20 Å². The number of aromatic nitrogens is 3. The maximum Gasteiger partial charge on any atom is 0.225 e. The van der Waals surface area contributed by atoms with Crippen LogP contribution in [0.4, 0.5) is 5.95 Å². The molecule has 0 aliphatic carbocycles. The van der Waals surface area contributed by atoms with Crippen LogP contribution in [0, 0.1) is 6.92 Å².